The molecule has 1 aromatic rings. The van der Waals surface area contributed by atoms with Gasteiger partial charge in [0.05, 0.1) is 32.3 Å². The summed E-state index contributed by atoms with van der Waals surface area (Å²) in [5.41, 5.74) is 0.414. The van der Waals surface area contributed by atoms with Gasteiger partial charge in [-0.25, -0.2) is 8.42 Å². The molecule has 9 heteroatoms. The van der Waals surface area contributed by atoms with E-state index in [-0.39, 0.29) is 5.91 Å². The van der Waals surface area contributed by atoms with Crippen LogP contribution in [-0.4, -0.2) is 78.0 Å². The van der Waals surface area contributed by atoms with Gasteiger partial charge in [-0.1, -0.05) is 13.0 Å². The van der Waals surface area contributed by atoms with Crippen molar-refractivity contribution in [2.24, 2.45) is 0 Å². The van der Waals surface area contributed by atoms with Gasteiger partial charge >= 0.3 is 0 Å². The van der Waals surface area contributed by atoms with Crippen molar-refractivity contribution in [1.29, 1.82) is 0 Å². The van der Waals surface area contributed by atoms with E-state index in [2.05, 4.69) is 10.2 Å². The van der Waals surface area contributed by atoms with Gasteiger partial charge < -0.3 is 14.8 Å². The smallest absolute Gasteiger partial charge is 0.243 e. The Kier molecular flexibility index (Phi) is 8.53. The standard InChI is InChI=1S/C19H31N3O5S/c1-4-18(19(23)20-9-6-10-21-11-13-27-14-12-21)22(28(3,24)25)16-7-5-8-17(15-16)26-2/h5,7-8,15,18H,4,6,9-14H2,1-3H3,(H,20,23). The molecule has 1 fully saturated rings. The van der Waals surface area contributed by atoms with Crippen LogP contribution < -0.4 is 14.4 Å². The highest BCUT2D eigenvalue weighted by atomic mass is 32.2. The van der Waals surface area contributed by atoms with E-state index in [0.717, 1.165) is 45.5 Å². The van der Waals surface area contributed by atoms with Crippen molar-refractivity contribution in [1.82, 2.24) is 10.2 Å². The van der Waals surface area contributed by atoms with Crippen LogP contribution in [-0.2, 0) is 19.6 Å². The second kappa shape index (κ2) is 10.6. The van der Waals surface area contributed by atoms with Crippen molar-refractivity contribution < 1.29 is 22.7 Å². The van der Waals surface area contributed by atoms with E-state index in [9.17, 15) is 13.2 Å². The molecule has 1 atom stereocenters. The van der Waals surface area contributed by atoms with Crippen LogP contribution in [0.5, 0.6) is 5.75 Å². The molecule has 1 aliphatic heterocycles. The Bertz CT molecular complexity index is 735. The zero-order valence-corrected chi connectivity index (χ0v) is 17.7. The third-order valence-electron chi connectivity index (χ3n) is 4.69. The van der Waals surface area contributed by atoms with Gasteiger partial charge in [-0.3, -0.25) is 14.0 Å². The zero-order chi connectivity index (χ0) is 20.6. The number of carbonyl (C=O) groups excluding carboxylic acids is 1. The molecule has 1 amide bonds. The summed E-state index contributed by atoms with van der Waals surface area (Å²) in [6, 6.07) is 5.91. The van der Waals surface area contributed by atoms with Crippen LogP contribution in [0.3, 0.4) is 0 Å². The van der Waals surface area contributed by atoms with E-state index in [4.69, 9.17) is 9.47 Å². The number of morpholine rings is 1. The lowest BCUT2D eigenvalue weighted by atomic mass is 10.2. The van der Waals surface area contributed by atoms with Gasteiger partial charge in [0.15, 0.2) is 0 Å². The first-order chi connectivity index (χ1) is 13.4. The number of carbonyl (C=O) groups is 1. The fourth-order valence-electron chi connectivity index (χ4n) is 3.26. The number of hydrogen-bond acceptors (Lipinski definition) is 6. The second-order valence-electron chi connectivity index (χ2n) is 6.78. The predicted octanol–water partition coefficient (Wildman–Crippen LogP) is 1.08. The summed E-state index contributed by atoms with van der Waals surface area (Å²) in [6.45, 7) is 6.49. The average Bonchev–Trinajstić information content (AvgIpc) is 2.69. The van der Waals surface area contributed by atoms with E-state index in [1.165, 1.54) is 11.4 Å². The second-order valence-corrected chi connectivity index (χ2v) is 8.64. The summed E-state index contributed by atoms with van der Waals surface area (Å²) >= 11 is 0. The number of sulfonamides is 1. The van der Waals surface area contributed by atoms with Gasteiger partial charge in [0, 0.05) is 25.7 Å². The lowest BCUT2D eigenvalue weighted by Gasteiger charge is -2.30. The van der Waals surface area contributed by atoms with Gasteiger partial charge in [0.25, 0.3) is 0 Å². The van der Waals surface area contributed by atoms with Crippen molar-refractivity contribution in [2.45, 2.75) is 25.8 Å². The molecule has 0 radical (unpaired) electrons. The molecule has 0 spiro atoms. The Labute approximate surface area is 167 Å². The number of hydrogen-bond donors (Lipinski definition) is 1. The molecule has 1 heterocycles. The Morgan fingerprint density at radius 3 is 2.68 bits per heavy atom. The molecule has 1 N–H and O–H groups in total. The third kappa shape index (κ3) is 6.35. The highest BCUT2D eigenvalue weighted by Gasteiger charge is 2.31. The van der Waals surface area contributed by atoms with Gasteiger partial charge in [0.1, 0.15) is 11.8 Å². The van der Waals surface area contributed by atoms with Gasteiger partial charge in [0.2, 0.25) is 15.9 Å². The average molecular weight is 414 g/mol. The molecular weight excluding hydrogens is 382 g/mol. The summed E-state index contributed by atoms with van der Waals surface area (Å²) in [6.07, 6.45) is 2.28. The van der Waals surface area contributed by atoms with Crippen molar-refractivity contribution in [3.8, 4) is 5.75 Å². The Morgan fingerprint density at radius 2 is 2.07 bits per heavy atom. The van der Waals surface area contributed by atoms with Crippen LogP contribution in [0.1, 0.15) is 19.8 Å². The van der Waals surface area contributed by atoms with Gasteiger partial charge in [-0.05, 0) is 31.5 Å². The van der Waals surface area contributed by atoms with Crippen LogP contribution in [0.25, 0.3) is 0 Å². The van der Waals surface area contributed by atoms with E-state index >= 15 is 0 Å². The normalized spacial score (nSPS) is 16.4. The molecule has 0 aromatic heterocycles. The summed E-state index contributed by atoms with van der Waals surface area (Å²) in [5, 5.41) is 2.89. The predicted molar refractivity (Wildman–Crippen MR) is 109 cm³/mol. The number of anilines is 1. The molecular formula is C19H31N3O5S. The van der Waals surface area contributed by atoms with Crippen LogP contribution in [0.4, 0.5) is 5.69 Å². The molecule has 8 nitrogen and oxygen atoms in total. The van der Waals surface area contributed by atoms with E-state index in [1.807, 2.05) is 0 Å². The fourth-order valence-corrected chi connectivity index (χ4v) is 4.47. The van der Waals surface area contributed by atoms with Crippen molar-refractivity contribution in [3.63, 3.8) is 0 Å². The lowest BCUT2D eigenvalue weighted by molar-refractivity contribution is -0.122. The molecule has 2 rings (SSSR count). The first kappa shape index (κ1) is 22.4. The number of nitrogens with one attached hydrogen (secondary N) is 1. The van der Waals surface area contributed by atoms with Crippen molar-refractivity contribution >= 4 is 21.6 Å². The molecule has 28 heavy (non-hydrogen) atoms. The number of amides is 1. The number of nitrogens with zero attached hydrogens (tertiary/aromatic N) is 2. The van der Waals surface area contributed by atoms with Crippen LogP contribution in [0.2, 0.25) is 0 Å². The van der Waals surface area contributed by atoms with E-state index in [0.29, 0.717) is 24.4 Å². The number of ether oxygens (including phenoxy) is 2. The van der Waals surface area contributed by atoms with E-state index < -0.39 is 16.1 Å². The summed E-state index contributed by atoms with van der Waals surface area (Å²) in [7, 11) is -2.14. The maximum absolute atomic E-state index is 12.8. The molecule has 1 unspecified atom stereocenters. The summed E-state index contributed by atoms with van der Waals surface area (Å²) < 4.78 is 36.6. The topological polar surface area (TPSA) is 88.2 Å². The minimum absolute atomic E-state index is 0.294. The Hall–Kier alpha value is -1.84. The van der Waals surface area contributed by atoms with Crippen molar-refractivity contribution in [2.75, 3.05) is 57.1 Å². The van der Waals surface area contributed by atoms with Crippen LogP contribution in [0.15, 0.2) is 24.3 Å². The maximum atomic E-state index is 12.8. The molecule has 0 bridgehead atoms. The zero-order valence-electron chi connectivity index (χ0n) is 16.9. The van der Waals surface area contributed by atoms with Crippen molar-refractivity contribution in [3.05, 3.63) is 24.3 Å². The first-order valence-electron chi connectivity index (χ1n) is 9.58. The minimum atomic E-state index is -3.65. The summed E-state index contributed by atoms with van der Waals surface area (Å²) in [5.74, 6) is 0.240. The first-order valence-corrected chi connectivity index (χ1v) is 11.4. The largest absolute Gasteiger partial charge is 0.497 e. The van der Waals surface area contributed by atoms with Gasteiger partial charge in [-0.2, -0.15) is 0 Å². The number of benzene rings is 1. The lowest BCUT2D eigenvalue weighted by Crippen LogP contribution is -2.49. The Balaban J connectivity index is 2.02. The number of methoxy groups -OCH3 is 1. The highest BCUT2D eigenvalue weighted by Crippen LogP contribution is 2.26. The molecule has 0 aliphatic carbocycles. The number of rotatable bonds is 10. The minimum Gasteiger partial charge on any atom is -0.497 e. The molecule has 1 saturated heterocycles. The monoisotopic (exact) mass is 413 g/mol. The highest BCUT2D eigenvalue weighted by molar-refractivity contribution is 7.92. The fraction of sp³-hybridized carbons (Fsp3) is 0.632. The molecule has 1 aromatic carbocycles. The molecule has 158 valence electrons. The summed E-state index contributed by atoms with van der Waals surface area (Å²) in [4.78, 5) is 15.1. The van der Waals surface area contributed by atoms with Crippen LogP contribution >= 0.6 is 0 Å². The SMILES string of the molecule is CCC(C(=O)NCCCN1CCOCC1)N(c1cccc(OC)c1)S(C)(=O)=O. The van der Waals surface area contributed by atoms with E-state index in [1.54, 1.807) is 31.2 Å². The quantitative estimate of drug-likeness (QED) is 0.578. The Morgan fingerprint density at radius 1 is 1.36 bits per heavy atom. The molecule has 0 saturated carbocycles. The van der Waals surface area contributed by atoms with Gasteiger partial charge in [-0.15, -0.1) is 0 Å². The van der Waals surface area contributed by atoms with Crippen LogP contribution in [0, 0.1) is 0 Å². The maximum Gasteiger partial charge on any atom is 0.243 e. The third-order valence-corrected chi connectivity index (χ3v) is 5.87. The molecule has 1 aliphatic rings.